The van der Waals surface area contributed by atoms with Gasteiger partial charge in [-0.1, -0.05) is 41.4 Å². The second-order valence-corrected chi connectivity index (χ2v) is 8.97. The summed E-state index contributed by atoms with van der Waals surface area (Å²) in [5.74, 6) is -1.14. The van der Waals surface area contributed by atoms with Crippen molar-refractivity contribution in [1.29, 1.82) is 0 Å². The molecule has 0 saturated carbocycles. The summed E-state index contributed by atoms with van der Waals surface area (Å²) in [6.45, 7) is 3.10. The molecule has 0 aliphatic carbocycles. The lowest BCUT2D eigenvalue weighted by Crippen LogP contribution is -2.37. The van der Waals surface area contributed by atoms with Gasteiger partial charge in [-0.2, -0.15) is 5.10 Å². The van der Waals surface area contributed by atoms with Crippen LogP contribution in [0.15, 0.2) is 60.8 Å². The van der Waals surface area contributed by atoms with Crippen molar-refractivity contribution in [3.05, 3.63) is 82.1 Å². The predicted molar refractivity (Wildman–Crippen MR) is 141 cm³/mol. The van der Waals surface area contributed by atoms with Crippen LogP contribution in [0.25, 0.3) is 0 Å². The highest BCUT2D eigenvalue weighted by Gasteiger charge is 2.27. The van der Waals surface area contributed by atoms with Crippen LogP contribution in [0.4, 0.5) is 17.1 Å². The molecular weight excluding hydrogens is 503 g/mol. The van der Waals surface area contributed by atoms with E-state index in [4.69, 9.17) is 23.2 Å². The van der Waals surface area contributed by atoms with Crippen molar-refractivity contribution < 1.29 is 14.4 Å². The lowest BCUT2D eigenvalue weighted by Gasteiger charge is -2.20. The minimum Gasteiger partial charge on any atom is -0.369 e. The van der Waals surface area contributed by atoms with E-state index in [-0.39, 0.29) is 38.9 Å². The van der Waals surface area contributed by atoms with E-state index in [2.05, 4.69) is 31.0 Å². The van der Waals surface area contributed by atoms with E-state index in [0.717, 1.165) is 18.7 Å². The number of nitrogens with zero attached hydrogens (tertiary/aromatic N) is 2. The molecule has 3 amide bonds. The van der Waals surface area contributed by atoms with Gasteiger partial charge in [0.1, 0.15) is 5.69 Å². The molecule has 9 nitrogen and oxygen atoms in total. The Morgan fingerprint density at radius 1 is 1.08 bits per heavy atom. The van der Waals surface area contributed by atoms with Crippen molar-refractivity contribution in [2.24, 2.45) is 0 Å². The summed E-state index contributed by atoms with van der Waals surface area (Å²) in [5, 5.41) is 15.4. The van der Waals surface area contributed by atoms with Gasteiger partial charge in [0, 0.05) is 30.5 Å². The molecule has 0 bridgehead atoms. The lowest BCUT2D eigenvalue weighted by molar-refractivity contribution is -0.111. The van der Waals surface area contributed by atoms with Crippen LogP contribution in [0.1, 0.15) is 34.2 Å². The number of hydrogen-bond acceptors (Lipinski definition) is 5. The zero-order valence-corrected chi connectivity index (χ0v) is 20.9. The molecule has 1 aliphatic heterocycles. The molecule has 1 saturated heterocycles. The molecule has 3 aromatic rings. The van der Waals surface area contributed by atoms with Crippen LogP contribution >= 0.6 is 23.2 Å². The second kappa shape index (κ2) is 11.3. The predicted octanol–water partition coefficient (Wildman–Crippen LogP) is 4.49. The number of allylic oxidation sites excluding steroid dienone is 1. The fraction of sp³-hybridized carbons (Fsp3) is 0.200. The molecule has 4 N–H and O–H groups in total. The zero-order chi connectivity index (χ0) is 25.7. The number of amides is 3. The molecule has 2 heterocycles. The molecule has 1 aromatic heterocycles. The molecule has 186 valence electrons. The lowest BCUT2D eigenvalue weighted by atomic mass is 10.2. The van der Waals surface area contributed by atoms with Crippen molar-refractivity contribution >= 4 is 58.0 Å². The Labute approximate surface area is 217 Å². The van der Waals surface area contributed by atoms with E-state index < -0.39 is 11.8 Å². The van der Waals surface area contributed by atoms with Crippen molar-refractivity contribution in [2.75, 3.05) is 28.6 Å². The number of carbonyl (C=O) groups is 3. The van der Waals surface area contributed by atoms with Crippen LogP contribution in [-0.4, -0.2) is 47.1 Å². The van der Waals surface area contributed by atoms with Gasteiger partial charge < -0.3 is 20.9 Å². The summed E-state index contributed by atoms with van der Waals surface area (Å²) < 4.78 is 0. The molecule has 4 rings (SSSR count). The van der Waals surface area contributed by atoms with Gasteiger partial charge in [0.25, 0.3) is 11.8 Å². The molecule has 1 aliphatic rings. The Morgan fingerprint density at radius 2 is 1.83 bits per heavy atom. The Bertz CT molecular complexity index is 1300. The topological polar surface area (TPSA) is 119 Å². The first-order valence-corrected chi connectivity index (χ1v) is 12.0. The smallest absolute Gasteiger partial charge is 0.271 e. The molecule has 1 atom stereocenters. The Hall–Kier alpha value is -3.82. The summed E-state index contributed by atoms with van der Waals surface area (Å²) in [6.07, 6.45) is 5.22. The van der Waals surface area contributed by atoms with Crippen LogP contribution in [-0.2, 0) is 4.79 Å². The number of nitrogens with one attached hydrogen (secondary N) is 4. The van der Waals surface area contributed by atoms with Crippen molar-refractivity contribution in [3.63, 3.8) is 0 Å². The summed E-state index contributed by atoms with van der Waals surface area (Å²) in [7, 11) is 0. The third-order valence-electron chi connectivity index (χ3n) is 5.62. The Morgan fingerprint density at radius 3 is 2.58 bits per heavy atom. The number of aromatic nitrogens is 2. The third-order valence-corrected chi connectivity index (χ3v) is 6.25. The van der Waals surface area contributed by atoms with E-state index in [1.807, 2.05) is 24.3 Å². The first-order valence-electron chi connectivity index (χ1n) is 11.2. The number of carbonyl (C=O) groups excluding carboxylic acids is 3. The Balaban J connectivity index is 1.38. The van der Waals surface area contributed by atoms with Gasteiger partial charge in [-0.3, -0.25) is 19.5 Å². The average Bonchev–Trinajstić information content (AvgIpc) is 3.49. The maximum Gasteiger partial charge on any atom is 0.271 e. The first kappa shape index (κ1) is 25.3. The molecule has 36 heavy (non-hydrogen) atoms. The summed E-state index contributed by atoms with van der Waals surface area (Å²) in [4.78, 5) is 39.6. The van der Waals surface area contributed by atoms with Gasteiger partial charge in [-0.15, -0.1) is 0 Å². The monoisotopic (exact) mass is 526 g/mol. The normalized spacial score (nSPS) is 15.2. The molecular formula is C25H24Cl2N6O3. The van der Waals surface area contributed by atoms with E-state index in [9.17, 15) is 14.4 Å². The average molecular weight is 527 g/mol. The van der Waals surface area contributed by atoms with Crippen molar-refractivity contribution in [3.8, 4) is 0 Å². The number of H-pyrrole nitrogens is 1. The highest BCUT2D eigenvalue weighted by Crippen LogP contribution is 2.26. The standard InChI is InChI=1S/C25H24Cl2N6O3/c1-2-5-21(34)29-15-6-3-7-17(12-15)33-11-10-16(14-33)30-25(36)23-20(13-28-32-23)31-24(35)22-18(26)8-4-9-19(22)27/h2-9,12-13,16H,10-11,14H2,1H3,(H,28,32)(H,29,34)(H,30,36)(H,31,35)/t16-/m1/s1. The maximum atomic E-state index is 13.0. The van der Waals surface area contributed by atoms with E-state index in [1.54, 1.807) is 31.2 Å². The van der Waals surface area contributed by atoms with Crippen LogP contribution < -0.4 is 20.9 Å². The van der Waals surface area contributed by atoms with Gasteiger partial charge >= 0.3 is 0 Å². The largest absolute Gasteiger partial charge is 0.369 e. The van der Waals surface area contributed by atoms with Crippen molar-refractivity contribution in [2.45, 2.75) is 19.4 Å². The summed E-state index contributed by atoms with van der Waals surface area (Å²) >= 11 is 12.2. The van der Waals surface area contributed by atoms with E-state index in [0.29, 0.717) is 12.2 Å². The highest BCUT2D eigenvalue weighted by atomic mass is 35.5. The minimum atomic E-state index is -0.547. The van der Waals surface area contributed by atoms with E-state index >= 15 is 0 Å². The highest BCUT2D eigenvalue weighted by molar-refractivity contribution is 6.40. The SMILES string of the molecule is CC=CC(=O)Nc1cccc(N2CC[C@@H](NC(=O)c3[nH]ncc3NC(=O)c3c(Cl)cccc3Cl)C2)c1. The van der Waals surface area contributed by atoms with Crippen LogP contribution in [0.2, 0.25) is 10.0 Å². The van der Waals surface area contributed by atoms with Gasteiger partial charge in [0.2, 0.25) is 5.91 Å². The molecule has 2 aromatic carbocycles. The van der Waals surface area contributed by atoms with Crippen LogP contribution in [0, 0.1) is 0 Å². The summed E-state index contributed by atoms with van der Waals surface area (Å²) in [5.41, 5.74) is 2.09. The molecule has 0 radical (unpaired) electrons. The molecule has 0 spiro atoms. The van der Waals surface area contributed by atoms with Crippen LogP contribution in [0.3, 0.4) is 0 Å². The fourth-order valence-corrected chi connectivity index (χ4v) is 4.51. The Kier molecular flexibility index (Phi) is 7.92. The van der Waals surface area contributed by atoms with Gasteiger partial charge in [-0.25, -0.2) is 0 Å². The van der Waals surface area contributed by atoms with Crippen molar-refractivity contribution in [1.82, 2.24) is 15.5 Å². The number of hydrogen-bond donors (Lipinski definition) is 4. The zero-order valence-electron chi connectivity index (χ0n) is 19.3. The number of halogens is 2. The molecule has 11 heteroatoms. The van der Waals surface area contributed by atoms with Gasteiger partial charge in [0.15, 0.2) is 0 Å². The second-order valence-electron chi connectivity index (χ2n) is 8.15. The van der Waals surface area contributed by atoms with Crippen LogP contribution in [0.5, 0.6) is 0 Å². The van der Waals surface area contributed by atoms with Gasteiger partial charge in [-0.05, 0) is 49.8 Å². The molecule has 1 fully saturated rings. The number of anilines is 3. The minimum absolute atomic E-state index is 0.115. The quantitative estimate of drug-likeness (QED) is 0.338. The fourth-order valence-electron chi connectivity index (χ4n) is 3.94. The first-order chi connectivity index (χ1) is 17.4. The maximum absolute atomic E-state index is 13.0. The number of benzene rings is 2. The summed E-state index contributed by atoms with van der Waals surface area (Å²) in [6, 6.07) is 12.2. The molecule has 0 unspecified atom stereocenters. The number of aromatic amines is 1. The third kappa shape index (κ3) is 5.87. The number of rotatable bonds is 7. The van der Waals surface area contributed by atoms with Gasteiger partial charge in [0.05, 0.1) is 27.5 Å². The van der Waals surface area contributed by atoms with E-state index in [1.165, 1.54) is 12.3 Å².